The summed E-state index contributed by atoms with van der Waals surface area (Å²) in [6.45, 7) is 4.66. The van der Waals surface area contributed by atoms with E-state index in [-0.39, 0.29) is 12.6 Å². The van der Waals surface area contributed by atoms with Gasteiger partial charge in [-0.25, -0.2) is 15.0 Å². The Labute approximate surface area is 144 Å². The molecule has 0 amide bonds. The molecule has 0 saturated carbocycles. The highest BCUT2D eigenvalue weighted by molar-refractivity contribution is 7.13. The Kier molecular flexibility index (Phi) is 5.06. The topological polar surface area (TPSA) is 91.2 Å². The normalized spacial score (nSPS) is 18.5. The van der Waals surface area contributed by atoms with Crippen LogP contribution in [-0.4, -0.2) is 44.0 Å². The number of nitrogens with zero attached hydrogens (tertiary/aromatic N) is 4. The average Bonchev–Trinajstić information content (AvgIpc) is 2.91. The molecular formula is C16H21N5O2S. The van der Waals surface area contributed by atoms with E-state index in [4.69, 9.17) is 5.11 Å². The van der Waals surface area contributed by atoms with Gasteiger partial charge >= 0.3 is 5.97 Å². The summed E-state index contributed by atoms with van der Waals surface area (Å²) < 4.78 is 0. The van der Waals surface area contributed by atoms with Crippen LogP contribution < -0.4 is 5.32 Å². The number of aliphatic carboxylic acids is 1. The molecule has 2 aromatic heterocycles. The number of thiazole rings is 1. The van der Waals surface area contributed by atoms with E-state index in [0.717, 1.165) is 42.3 Å². The van der Waals surface area contributed by atoms with E-state index in [0.29, 0.717) is 11.6 Å². The predicted octanol–water partition coefficient (Wildman–Crippen LogP) is 2.91. The number of nitrogens with one attached hydrogen (secondary N) is 1. The Morgan fingerprint density at radius 3 is 2.88 bits per heavy atom. The third kappa shape index (κ3) is 4.07. The van der Waals surface area contributed by atoms with Gasteiger partial charge in [-0.05, 0) is 33.2 Å². The van der Waals surface area contributed by atoms with E-state index in [2.05, 4.69) is 20.3 Å². The third-order valence-electron chi connectivity index (χ3n) is 3.98. The minimum Gasteiger partial charge on any atom is -0.480 e. The number of likely N-dealkylation sites (tertiary alicyclic amines) is 1. The molecule has 2 aromatic rings. The second-order valence-corrected chi connectivity index (χ2v) is 6.91. The van der Waals surface area contributed by atoms with Crippen LogP contribution in [0.5, 0.6) is 0 Å². The molecule has 8 heteroatoms. The summed E-state index contributed by atoms with van der Waals surface area (Å²) >= 11 is 1.53. The molecular weight excluding hydrogens is 326 g/mol. The summed E-state index contributed by atoms with van der Waals surface area (Å²) in [7, 11) is 0. The molecule has 0 aliphatic carbocycles. The molecule has 1 aliphatic rings. The molecule has 2 N–H and O–H groups in total. The average molecular weight is 347 g/mol. The molecule has 0 spiro atoms. The zero-order chi connectivity index (χ0) is 17.1. The molecule has 1 saturated heterocycles. The van der Waals surface area contributed by atoms with Crippen LogP contribution in [0.3, 0.4) is 0 Å². The van der Waals surface area contributed by atoms with Crippen molar-refractivity contribution in [3.8, 4) is 0 Å². The summed E-state index contributed by atoms with van der Waals surface area (Å²) in [5.74, 6) is 0.575. The fourth-order valence-electron chi connectivity index (χ4n) is 2.97. The van der Waals surface area contributed by atoms with Crippen molar-refractivity contribution in [1.29, 1.82) is 0 Å². The monoisotopic (exact) mass is 347 g/mol. The maximum absolute atomic E-state index is 11.1. The lowest BCUT2D eigenvalue weighted by Gasteiger charge is -2.33. The number of piperidine rings is 1. The first-order chi connectivity index (χ1) is 11.5. The van der Waals surface area contributed by atoms with Crippen molar-refractivity contribution in [3.63, 3.8) is 0 Å². The van der Waals surface area contributed by atoms with Crippen LogP contribution in [0.25, 0.3) is 0 Å². The SMILES string of the molecule is Cc1cc(Nc2nc(C)cs2)nc(C2CCCCN2CC(=O)O)n1. The van der Waals surface area contributed by atoms with Crippen molar-refractivity contribution in [1.82, 2.24) is 19.9 Å². The largest absolute Gasteiger partial charge is 0.480 e. The summed E-state index contributed by atoms with van der Waals surface area (Å²) in [6.07, 6.45) is 2.96. The first-order valence-corrected chi connectivity index (χ1v) is 8.90. The van der Waals surface area contributed by atoms with Gasteiger partial charge < -0.3 is 10.4 Å². The molecule has 1 aliphatic heterocycles. The molecule has 0 radical (unpaired) electrons. The highest BCUT2D eigenvalue weighted by atomic mass is 32.1. The Balaban J connectivity index is 1.85. The number of aryl methyl sites for hydroxylation is 2. The van der Waals surface area contributed by atoms with E-state index >= 15 is 0 Å². The Morgan fingerprint density at radius 2 is 2.17 bits per heavy atom. The van der Waals surface area contributed by atoms with Gasteiger partial charge in [0, 0.05) is 17.1 Å². The van der Waals surface area contributed by atoms with Crippen LogP contribution >= 0.6 is 11.3 Å². The van der Waals surface area contributed by atoms with Gasteiger partial charge in [-0.3, -0.25) is 9.69 Å². The lowest BCUT2D eigenvalue weighted by Crippen LogP contribution is -2.38. The summed E-state index contributed by atoms with van der Waals surface area (Å²) in [5.41, 5.74) is 1.82. The summed E-state index contributed by atoms with van der Waals surface area (Å²) in [4.78, 5) is 26.7. The van der Waals surface area contributed by atoms with Crippen LogP contribution in [0.4, 0.5) is 10.9 Å². The van der Waals surface area contributed by atoms with Crippen molar-refractivity contribution in [2.45, 2.75) is 39.2 Å². The number of aromatic nitrogens is 3. The van der Waals surface area contributed by atoms with Gasteiger partial charge in [0.25, 0.3) is 0 Å². The van der Waals surface area contributed by atoms with Crippen molar-refractivity contribution in [3.05, 3.63) is 28.7 Å². The Hall–Kier alpha value is -2.06. The molecule has 128 valence electrons. The first kappa shape index (κ1) is 16.8. The summed E-state index contributed by atoms with van der Waals surface area (Å²) in [6, 6.07) is 1.83. The quantitative estimate of drug-likeness (QED) is 0.859. The molecule has 1 fully saturated rings. The number of carboxylic acid groups (broad SMARTS) is 1. The van der Waals surface area contributed by atoms with Crippen LogP contribution in [0.1, 0.15) is 42.5 Å². The van der Waals surface area contributed by atoms with Crippen molar-refractivity contribution in [2.24, 2.45) is 0 Å². The minimum atomic E-state index is -0.814. The van der Waals surface area contributed by atoms with E-state index in [1.165, 1.54) is 11.3 Å². The third-order valence-corrected chi connectivity index (χ3v) is 4.85. The fourth-order valence-corrected chi connectivity index (χ4v) is 3.67. The lowest BCUT2D eigenvalue weighted by atomic mass is 10.0. The number of anilines is 2. The second-order valence-electron chi connectivity index (χ2n) is 6.05. The van der Waals surface area contributed by atoms with Crippen LogP contribution in [-0.2, 0) is 4.79 Å². The Bertz CT molecular complexity index is 733. The van der Waals surface area contributed by atoms with Crippen molar-refractivity contribution < 1.29 is 9.90 Å². The molecule has 3 rings (SSSR count). The van der Waals surface area contributed by atoms with Gasteiger partial charge in [0.1, 0.15) is 11.6 Å². The lowest BCUT2D eigenvalue weighted by molar-refractivity contribution is -0.139. The zero-order valence-corrected chi connectivity index (χ0v) is 14.6. The predicted molar refractivity (Wildman–Crippen MR) is 92.7 cm³/mol. The molecule has 1 unspecified atom stereocenters. The van der Waals surface area contributed by atoms with Gasteiger partial charge in [-0.1, -0.05) is 6.42 Å². The van der Waals surface area contributed by atoms with Gasteiger partial charge in [-0.2, -0.15) is 0 Å². The molecule has 1 atom stereocenters. The van der Waals surface area contributed by atoms with Gasteiger partial charge in [0.05, 0.1) is 18.3 Å². The highest BCUT2D eigenvalue weighted by Gasteiger charge is 2.28. The minimum absolute atomic E-state index is 0.0242. The molecule has 0 bridgehead atoms. The van der Waals surface area contributed by atoms with Crippen LogP contribution in [0.2, 0.25) is 0 Å². The molecule has 24 heavy (non-hydrogen) atoms. The van der Waals surface area contributed by atoms with E-state index < -0.39 is 5.97 Å². The Morgan fingerprint density at radius 1 is 1.33 bits per heavy atom. The molecule has 3 heterocycles. The number of carbonyl (C=O) groups is 1. The van der Waals surface area contributed by atoms with Gasteiger partial charge in [0.15, 0.2) is 5.13 Å². The highest BCUT2D eigenvalue weighted by Crippen LogP contribution is 2.30. The second kappa shape index (κ2) is 7.23. The van der Waals surface area contributed by atoms with Crippen molar-refractivity contribution in [2.75, 3.05) is 18.4 Å². The van der Waals surface area contributed by atoms with Crippen molar-refractivity contribution >= 4 is 28.3 Å². The van der Waals surface area contributed by atoms with Crippen LogP contribution in [0, 0.1) is 13.8 Å². The first-order valence-electron chi connectivity index (χ1n) is 8.02. The van der Waals surface area contributed by atoms with E-state index in [1.807, 2.05) is 30.2 Å². The summed E-state index contributed by atoms with van der Waals surface area (Å²) in [5, 5.41) is 15.1. The number of rotatable bonds is 5. The zero-order valence-electron chi connectivity index (χ0n) is 13.8. The maximum atomic E-state index is 11.1. The number of hydrogen-bond donors (Lipinski definition) is 2. The molecule has 7 nitrogen and oxygen atoms in total. The van der Waals surface area contributed by atoms with Crippen LogP contribution in [0.15, 0.2) is 11.4 Å². The maximum Gasteiger partial charge on any atom is 0.317 e. The van der Waals surface area contributed by atoms with Gasteiger partial charge in [-0.15, -0.1) is 11.3 Å². The fraction of sp³-hybridized carbons (Fsp3) is 0.500. The van der Waals surface area contributed by atoms with E-state index in [1.54, 1.807) is 0 Å². The molecule has 0 aromatic carbocycles. The number of hydrogen-bond acceptors (Lipinski definition) is 7. The standard InChI is InChI=1S/C16H21N5O2S/c1-10-7-13(20-16-18-11(2)9-24-16)19-15(17-10)12-5-3-4-6-21(12)8-14(22)23/h7,9,12H,3-6,8H2,1-2H3,(H,22,23)(H,17,18,19,20). The van der Waals surface area contributed by atoms with E-state index in [9.17, 15) is 4.79 Å². The smallest absolute Gasteiger partial charge is 0.317 e. The number of carboxylic acids is 1. The van der Waals surface area contributed by atoms with Gasteiger partial charge in [0.2, 0.25) is 0 Å².